The molecule has 2 heteroatoms. The van der Waals surface area contributed by atoms with Crippen LogP contribution in [0.4, 0.5) is 5.69 Å². The van der Waals surface area contributed by atoms with Crippen LogP contribution in [0, 0.1) is 0 Å². The monoisotopic (exact) mass is 283 g/mol. The smallest absolute Gasteiger partial charge is 0.160 e. The number of pyridine rings is 1. The van der Waals surface area contributed by atoms with Gasteiger partial charge in [0.2, 0.25) is 5.69 Å². The quantitative estimate of drug-likeness (QED) is 0.704. The van der Waals surface area contributed by atoms with E-state index in [0.29, 0.717) is 0 Å². The van der Waals surface area contributed by atoms with Crippen molar-refractivity contribution < 1.29 is 4.68 Å². The van der Waals surface area contributed by atoms with Gasteiger partial charge in [0.25, 0.3) is 0 Å². The molecule has 0 unspecified atom stereocenters. The van der Waals surface area contributed by atoms with Crippen molar-refractivity contribution in [3.05, 3.63) is 59.9 Å². The molecule has 0 fully saturated rings. The van der Waals surface area contributed by atoms with Crippen molar-refractivity contribution in [2.75, 3.05) is 5.43 Å². The fourth-order valence-electron chi connectivity index (χ4n) is 2.56. The van der Waals surface area contributed by atoms with E-state index < -0.39 is 0 Å². The Morgan fingerprint density at radius 2 is 1.57 bits per heavy atom. The molecule has 0 radical (unpaired) electrons. The summed E-state index contributed by atoms with van der Waals surface area (Å²) in [4.78, 5) is 0. The molecule has 0 saturated heterocycles. The first-order valence-electron chi connectivity index (χ1n) is 8.19. The lowest BCUT2D eigenvalue weighted by Gasteiger charge is -2.09. The van der Waals surface area contributed by atoms with E-state index in [1.807, 2.05) is 6.07 Å². The molecule has 0 aliphatic heterocycles. The molecule has 0 spiro atoms. The van der Waals surface area contributed by atoms with Crippen LogP contribution in [-0.2, 0) is 12.8 Å². The van der Waals surface area contributed by atoms with Crippen molar-refractivity contribution in [2.45, 2.75) is 52.4 Å². The largest absolute Gasteiger partial charge is 0.215 e. The maximum Gasteiger partial charge on any atom is 0.215 e. The first kappa shape index (κ1) is 15.6. The number of benzene rings is 1. The van der Waals surface area contributed by atoms with Crippen LogP contribution < -0.4 is 10.1 Å². The zero-order chi connectivity index (χ0) is 14.9. The number of para-hydroxylation sites is 1. The van der Waals surface area contributed by atoms with Crippen molar-refractivity contribution >= 4 is 5.69 Å². The van der Waals surface area contributed by atoms with E-state index in [9.17, 15) is 0 Å². The molecule has 1 heterocycles. The Kier molecular flexibility index (Phi) is 6.26. The Labute approximate surface area is 128 Å². The number of nitrogens with one attached hydrogen (secondary N) is 1. The van der Waals surface area contributed by atoms with Crippen LogP contribution in [-0.4, -0.2) is 0 Å². The molecule has 0 amide bonds. The summed E-state index contributed by atoms with van der Waals surface area (Å²) in [6.45, 7) is 4.51. The standard InChI is InChI=1S/C19H27N2/c1-3-5-11-17-12-10-16-21(19(17)15-6-4-2)20-18-13-8-7-9-14-18/h7-10,12-14,16,20H,3-6,11,15H2,1-2H3/q+1. The van der Waals surface area contributed by atoms with Crippen LogP contribution in [0.5, 0.6) is 0 Å². The van der Waals surface area contributed by atoms with E-state index >= 15 is 0 Å². The van der Waals surface area contributed by atoms with Crippen molar-refractivity contribution in [3.8, 4) is 0 Å². The van der Waals surface area contributed by atoms with Gasteiger partial charge in [-0.2, -0.15) is 5.43 Å². The topological polar surface area (TPSA) is 15.9 Å². The minimum atomic E-state index is 1.13. The van der Waals surface area contributed by atoms with Gasteiger partial charge in [0.15, 0.2) is 6.20 Å². The average molecular weight is 283 g/mol. The Hall–Kier alpha value is -1.83. The molecule has 0 aliphatic rings. The molecule has 2 rings (SSSR count). The minimum absolute atomic E-state index is 1.13. The molecule has 1 aromatic heterocycles. The Morgan fingerprint density at radius 1 is 0.857 bits per heavy atom. The number of hydrogen-bond acceptors (Lipinski definition) is 1. The molecule has 0 bridgehead atoms. The number of unbranched alkanes of at least 4 members (excludes halogenated alkanes) is 2. The number of nitrogens with zero attached hydrogens (tertiary/aromatic N) is 1. The summed E-state index contributed by atoms with van der Waals surface area (Å²) in [6, 6.07) is 14.8. The number of aromatic nitrogens is 1. The number of hydrogen-bond donors (Lipinski definition) is 1. The van der Waals surface area contributed by atoms with Crippen LogP contribution in [0.1, 0.15) is 50.8 Å². The third-order valence-electron chi connectivity index (χ3n) is 3.78. The zero-order valence-electron chi connectivity index (χ0n) is 13.3. The average Bonchev–Trinajstić information content (AvgIpc) is 2.53. The van der Waals surface area contributed by atoms with Crippen molar-refractivity contribution in [1.29, 1.82) is 0 Å². The van der Waals surface area contributed by atoms with E-state index in [-0.39, 0.29) is 0 Å². The third kappa shape index (κ3) is 4.59. The summed E-state index contributed by atoms with van der Waals surface area (Å²) in [7, 11) is 0. The van der Waals surface area contributed by atoms with Gasteiger partial charge >= 0.3 is 0 Å². The first-order chi connectivity index (χ1) is 10.3. The first-order valence-corrected chi connectivity index (χ1v) is 8.19. The molecule has 2 nitrogen and oxygen atoms in total. The highest BCUT2D eigenvalue weighted by molar-refractivity contribution is 5.39. The maximum absolute atomic E-state index is 3.51. The second-order valence-corrected chi connectivity index (χ2v) is 5.54. The third-order valence-corrected chi connectivity index (χ3v) is 3.78. The van der Waals surface area contributed by atoms with Crippen molar-refractivity contribution in [1.82, 2.24) is 0 Å². The Bertz CT molecular complexity index is 535. The summed E-state index contributed by atoms with van der Waals surface area (Å²) in [5.74, 6) is 0. The fourth-order valence-corrected chi connectivity index (χ4v) is 2.56. The molecule has 0 saturated carbocycles. The maximum atomic E-state index is 3.51. The Morgan fingerprint density at radius 3 is 2.29 bits per heavy atom. The van der Waals surface area contributed by atoms with Gasteiger partial charge in [-0.3, -0.25) is 0 Å². The molecular formula is C19H27N2+. The van der Waals surface area contributed by atoms with E-state index in [0.717, 1.165) is 12.1 Å². The molecule has 1 N–H and O–H groups in total. The molecule has 2 aromatic rings. The van der Waals surface area contributed by atoms with Crippen molar-refractivity contribution in [3.63, 3.8) is 0 Å². The highest BCUT2D eigenvalue weighted by atomic mass is 15.4. The molecule has 0 atom stereocenters. The van der Waals surface area contributed by atoms with E-state index in [1.54, 1.807) is 0 Å². The van der Waals surface area contributed by atoms with Gasteiger partial charge in [-0.05, 0) is 37.5 Å². The lowest BCUT2D eigenvalue weighted by atomic mass is 10.0. The summed E-state index contributed by atoms with van der Waals surface area (Å²) >= 11 is 0. The van der Waals surface area contributed by atoms with Gasteiger partial charge in [0, 0.05) is 18.1 Å². The van der Waals surface area contributed by atoms with Crippen LogP contribution in [0.15, 0.2) is 48.7 Å². The normalized spacial score (nSPS) is 10.6. The van der Waals surface area contributed by atoms with Gasteiger partial charge in [0.1, 0.15) is 0 Å². The van der Waals surface area contributed by atoms with Crippen LogP contribution in [0.3, 0.4) is 0 Å². The van der Waals surface area contributed by atoms with Gasteiger partial charge in [-0.1, -0.05) is 49.6 Å². The van der Waals surface area contributed by atoms with Gasteiger partial charge < -0.3 is 0 Å². The predicted molar refractivity (Wildman–Crippen MR) is 89.3 cm³/mol. The zero-order valence-corrected chi connectivity index (χ0v) is 13.3. The fraction of sp³-hybridized carbons (Fsp3) is 0.421. The highest BCUT2D eigenvalue weighted by Gasteiger charge is 2.15. The predicted octanol–water partition coefficient (Wildman–Crippen LogP) is 4.53. The lowest BCUT2D eigenvalue weighted by molar-refractivity contribution is -0.651. The number of anilines is 1. The second kappa shape index (κ2) is 8.46. The molecule has 0 aliphatic carbocycles. The van der Waals surface area contributed by atoms with E-state index in [2.05, 4.69) is 66.5 Å². The van der Waals surface area contributed by atoms with E-state index in [4.69, 9.17) is 0 Å². The molecule has 112 valence electrons. The summed E-state index contributed by atoms with van der Waals surface area (Å²) in [5, 5.41) is 0. The van der Waals surface area contributed by atoms with Crippen LogP contribution >= 0.6 is 0 Å². The van der Waals surface area contributed by atoms with Gasteiger partial charge in [0.05, 0.1) is 5.69 Å². The number of rotatable bonds is 8. The number of aryl methyl sites for hydroxylation is 1. The summed E-state index contributed by atoms with van der Waals surface area (Å²) in [6.07, 6.45) is 9.41. The van der Waals surface area contributed by atoms with Gasteiger partial charge in [-0.15, -0.1) is 0 Å². The Balaban J connectivity index is 2.25. The summed E-state index contributed by atoms with van der Waals surface area (Å²) < 4.78 is 2.20. The van der Waals surface area contributed by atoms with Crippen LogP contribution in [0.2, 0.25) is 0 Å². The van der Waals surface area contributed by atoms with Gasteiger partial charge in [-0.25, -0.2) is 0 Å². The molecule has 1 aromatic carbocycles. The van der Waals surface area contributed by atoms with Crippen molar-refractivity contribution in [2.24, 2.45) is 0 Å². The van der Waals surface area contributed by atoms with Crippen LogP contribution in [0.25, 0.3) is 0 Å². The SMILES string of the molecule is CCCCc1ccc[n+](Nc2ccccc2)c1CCCC. The minimum Gasteiger partial charge on any atom is -0.160 e. The summed E-state index contributed by atoms with van der Waals surface area (Å²) in [5.41, 5.74) is 7.56. The second-order valence-electron chi connectivity index (χ2n) is 5.54. The highest BCUT2D eigenvalue weighted by Crippen LogP contribution is 2.12. The molecule has 21 heavy (non-hydrogen) atoms. The van der Waals surface area contributed by atoms with E-state index in [1.165, 1.54) is 43.4 Å². The lowest BCUT2D eigenvalue weighted by Crippen LogP contribution is -2.46. The molecular weight excluding hydrogens is 256 g/mol.